The van der Waals surface area contributed by atoms with Gasteiger partial charge in [-0.05, 0) is 24.2 Å². The molecule has 0 aliphatic rings. The molecule has 1 heterocycles. The van der Waals surface area contributed by atoms with Crippen LogP contribution < -0.4 is 5.32 Å². The summed E-state index contributed by atoms with van der Waals surface area (Å²) in [6.07, 6.45) is 2.57. The Morgan fingerprint density at radius 3 is 2.59 bits per heavy atom. The Hall–Kier alpha value is -1.74. The third-order valence-corrected chi connectivity index (χ3v) is 2.69. The highest BCUT2D eigenvalue weighted by Crippen LogP contribution is 2.16. The number of benzene rings is 1. The highest BCUT2D eigenvalue weighted by Gasteiger charge is 2.11. The van der Waals surface area contributed by atoms with Crippen molar-refractivity contribution in [3.8, 4) is 0 Å². The van der Waals surface area contributed by atoms with Crippen LogP contribution in [-0.2, 0) is 6.42 Å². The number of rotatable bonds is 5. The van der Waals surface area contributed by atoms with Crippen molar-refractivity contribution in [2.75, 3.05) is 6.54 Å². The van der Waals surface area contributed by atoms with E-state index in [1.165, 1.54) is 5.56 Å². The van der Waals surface area contributed by atoms with Crippen molar-refractivity contribution in [1.29, 1.82) is 0 Å². The molecule has 0 spiro atoms. The number of aromatic nitrogens is 2. The van der Waals surface area contributed by atoms with Crippen molar-refractivity contribution in [1.82, 2.24) is 15.5 Å². The second-order valence-electron chi connectivity index (χ2n) is 3.94. The molecule has 0 radical (unpaired) electrons. The van der Waals surface area contributed by atoms with Gasteiger partial charge in [-0.15, -0.1) is 0 Å². The van der Waals surface area contributed by atoms with Crippen LogP contribution in [0.1, 0.15) is 24.2 Å². The van der Waals surface area contributed by atoms with Gasteiger partial charge in [0, 0.05) is 18.7 Å². The lowest BCUT2D eigenvalue weighted by molar-refractivity contribution is 0.541. The first kappa shape index (κ1) is 11.7. The standard InChI is InChI=1S/C14H17N3/c1-2-15-14(12-7-4-3-5-8-12)11-13-9-6-10-16-17-13/h3-10,14-15H,2,11H2,1H3. The quantitative estimate of drug-likeness (QED) is 0.852. The predicted molar refractivity (Wildman–Crippen MR) is 68.6 cm³/mol. The van der Waals surface area contributed by atoms with Gasteiger partial charge in [-0.3, -0.25) is 0 Å². The maximum Gasteiger partial charge on any atom is 0.0650 e. The highest BCUT2D eigenvalue weighted by molar-refractivity contribution is 5.20. The second-order valence-corrected chi connectivity index (χ2v) is 3.94. The van der Waals surface area contributed by atoms with E-state index in [0.717, 1.165) is 18.7 Å². The summed E-state index contributed by atoms with van der Waals surface area (Å²) in [5.41, 5.74) is 2.31. The minimum absolute atomic E-state index is 0.304. The van der Waals surface area contributed by atoms with E-state index in [-0.39, 0.29) is 0 Å². The van der Waals surface area contributed by atoms with Crippen molar-refractivity contribution >= 4 is 0 Å². The summed E-state index contributed by atoms with van der Waals surface area (Å²) in [5, 5.41) is 11.5. The lowest BCUT2D eigenvalue weighted by Gasteiger charge is -2.17. The van der Waals surface area contributed by atoms with Crippen LogP contribution in [0.2, 0.25) is 0 Å². The Morgan fingerprint density at radius 2 is 1.94 bits per heavy atom. The first-order valence-corrected chi connectivity index (χ1v) is 5.95. The maximum atomic E-state index is 4.14. The molecular weight excluding hydrogens is 210 g/mol. The Kier molecular flexibility index (Phi) is 4.22. The lowest BCUT2D eigenvalue weighted by Crippen LogP contribution is -2.23. The van der Waals surface area contributed by atoms with Gasteiger partial charge < -0.3 is 5.32 Å². The van der Waals surface area contributed by atoms with E-state index in [9.17, 15) is 0 Å². The van der Waals surface area contributed by atoms with Gasteiger partial charge in [-0.25, -0.2) is 0 Å². The molecule has 0 fully saturated rings. The Bertz CT molecular complexity index is 428. The molecule has 0 aliphatic heterocycles. The third kappa shape index (κ3) is 3.36. The second kappa shape index (κ2) is 6.11. The zero-order chi connectivity index (χ0) is 11.9. The molecule has 0 saturated carbocycles. The monoisotopic (exact) mass is 227 g/mol. The first-order chi connectivity index (χ1) is 8.40. The average Bonchev–Trinajstić information content (AvgIpc) is 2.40. The van der Waals surface area contributed by atoms with E-state index in [4.69, 9.17) is 0 Å². The minimum Gasteiger partial charge on any atom is -0.310 e. The minimum atomic E-state index is 0.304. The Balaban J connectivity index is 2.13. The first-order valence-electron chi connectivity index (χ1n) is 5.95. The molecule has 2 rings (SSSR count). The predicted octanol–water partition coefficient (Wildman–Crippen LogP) is 2.37. The van der Waals surface area contributed by atoms with Gasteiger partial charge in [-0.2, -0.15) is 10.2 Å². The lowest BCUT2D eigenvalue weighted by atomic mass is 10.0. The molecule has 1 unspecified atom stereocenters. The van der Waals surface area contributed by atoms with E-state index >= 15 is 0 Å². The zero-order valence-corrected chi connectivity index (χ0v) is 10.0. The highest BCUT2D eigenvalue weighted by atomic mass is 15.1. The Labute approximate surface area is 102 Å². The van der Waals surface area contributed by atoms with Crippen molar-refractivity contribution in [2.24, 2.45) is 0 Å². The number of hydrogen-bond acceptors (Lipinski definition) is 3. The SMILES string of the molecule is CCNC(Cc1cccnn1)c1ccccc1. The third-order valence-electron chi connectivity index (χ3n) is 2.69. The molecule has 0 aliphatic carbocycles. The van der Waals surface area contributed by atoms with Crippen LogP contribution in [0.3, 0.4) is 0 Å². The average molecular weight is 227 g/mol. The molecule has 1 aromatic carbocycles. The summed E-state index contributed by atoms with van der Waals surface area (Å²) < 4.78 is 0. The number of hydrogen-bond donors (Lipinski definition) is 1. The van der Waals surface area contributed by atoms with Crippen LogP contribution in [0.5, 0.6) is 0 Å². The van der Waals surface area contributed by atoms with E-state index < -0.39 is 0 Å². The molecule has 0 amide bonds. The van der Waals surface area contributed by atoms with Crippen LogP contribution in [0.4, 0.5) is 0 Å². The topological polar surface area (TPSA) is 37.8 Å². The molecule has 0 saturated heterocycles. The summed E-state index contributed by atoms with van der Waals surface area (Å²) in [4.78, 5) is 0. The molecule has 1 atom stereocenters. The number of likely N-dealkylation sites (N-methyl/N-ethyl adjacent to an activating group) is 1. The molecule has 88 valence electrons. The van der Waals surface area contributed by atoms with Gasteiger partial charge >= 0.3 is 0 Å². The van der Waals surface area contributed by atoms with Crippen LogP contribution in [0.15, 0.2) is 48.7 Å². The van der Waals surface area contributed by atoms with Crippen molar-refractivity contribution < 1.29 is 0 Å². The van der Waals surface area contributed by atoms with Crippen LogP contribution in [0, 0.1) is 0 Å². The van der Waals surface area contributed by atoms with Crippen molar-refractivity contribution in [3.63, 3.8) is 0 Å². The zero-order valence-electron chi connectivity index (χ0n) is 10.0. The van der Waals surface area contributed by atoms with Gasteiger partial charge in [0.25, 0.3) is 0 Å². The normalized spacial score (nSPS) is 12.3. The van der Waals surface area contributed by atoms with Gasteiger partial charge in [0.15, 0.2) is 0 Å². The van der Waals surface area contributed by atoms with Gasteiger partial charge in [0.05, 0.1) is 5.69 Å². The molecule has 3 nitrogen and oxygen atoms in total. The van der Waals surface area contributed by atoms with Gasteiger partial charge in [0.2, 0.25) is 0 Å². The fourth-order valence-corrected chi connectivity index (χ4v) is 1.89. The molecule has 2 aromatic rings. The summed E-state index contributed by atoms with van der Waals surface area (Å²) in [5.74, 6) is 0. The van der Waals surface area contributed by atoms with E-state index in [0.29, 0.717) is 6.04 Å². The molecule has 17 heavy (non-hydrogen) atoms. The molecular formula is C14H17N3. The number of nitrogens with zero attached hydrogens (tertiary/aromatic N) is 2. The maximum absolute atomic E-state index is 4.14. The molecule has 3 heteroatoms. The Morgan fingerprint density at radius 1 is 1.12 bits per heavy atom. The van der Waals surface area contributed by atoms with Crippen molar-refractivity contribution in [2.45, 2.75) is 19.4 Å². The van der Waals surface area contributed by atoms with E-state index in [1.54, 1.807) is 6.20 Å². The molecule has 0 bridgehead atoms. The van der Waals surface area contributed by atoms with E-state index in [1.807, 2.05) is 18.2 Å². The fraction of sp³-hybridized carbons (Fsp3) is 0.286. The molecule has 1 N–H and O–H groups in total. The summed E-state index contributed by atoms with van der Waals surface area (Å²) in [6.45, 7) is 3.06. The smallest absolute Gasteiger partial charge is 0.0650 e. The van der Waals surface area contributed by atoms with Gasteiger partial charge in [-0.1, -0.05) is 37.3 Å². The summed E-state index contributed by atoms with van der Waals surface area (Å²) in [7, 11) is 0. The molecule has 1 aromatic heterocycles. The van der Waals surface area contributed by atoms with Crippen molar-refractivity contribution in [3.05, 3.63) is 59.9 Å². The number of nitrogens with one attached hydrogen (secondary N) is 1. The summed E-state index contributed by atoms with van der Waals surface area (Å²) in [6, 6.07) is 14.7. The van der Waals surface area contributed by atoms with Crippen LogP contribution >= 0.6 is 0 Å². The van der Waals surface area contributed by atoms with Crippen LogP contribution in [0.25, 0.3) is 0 Å². The van der Waals surface area contributed by atoms with Crippen LogP contribution in [-0.4, -0.2) is 16.7 Å². The largest absolute Gasteiger partial charge is 0.310 e. The fourth-order valence-electron chi connectivity index (χ4n) is 1.89. The summed E-state index contributed by atoms with van der Waals surface area (Å²) >= 11 is 0. The van der Waals surface area contributed by atoms with E-state index in [2.05, 4.69) is 46.7 Å². The van der Waals surface area contributed by atoms with Gasteiger partial charge in [0.1, 0.15) is 0 Å².